The highest BCUT2D eigenvalue weighted by atomic mass is 32.2. The molecule has 0 radical (unpaired) electrons. The third kappa shape index (κ3) is 5.47. The van der Waals surface area contributed by atoms with Crippen molar-refractivity contribution < 1.29 is 8.42 Å². The topological polar surface area (TPSA) is 95.2 Å². The molecule has 0 amide bonds. The van der Waals surface area contributed by atoms with Crippen molar-refractivity contribution in [2.45, 2.75) is 49.3 Å². The number of H-pyrrole nitrogens is 1. The van der Waals surface area contributed by atoms with Crippen LogP contribution in [0.25, 0.3) is 10.6 Å². The van der Waals surface area contributed by atoms with E-state index in [9.17, 15) is 13.2 Å². The molecule has 1 aliphatic rings. The van der Waals surface area contributed by atoms with Gasteiger partial charge in [0.05, 0.1) is 4.88 Å². The Morgan fingerprint density at radius 2 is 1.93 bits per heavy atom. The van der Waals surface area contributed by atoms with Crippen molar-refractivity contribution in [3.8, 4) is 10.6 Å². The molecule has 2 N–H and O–H groups in total. The van der Waals surface area contributed by atoms with Crippen molar-refractivity contribution >= 4 is 21.4 Å². The van der Waals surface area contributed by atoms with Gasteiger partial charge in [0.1, 0.15) is 9.90 Å². The Kier molecular flexibility index (Phi) is 6.80. The minimum atomic E-state index is -3.54. The smallest absolute Gasteiger partial charge is 0.264 e. The van der Waals surface area contributed by atoms with E-state index in [4.69, 9.17) is 0 Å². The second-order valence-electron chi connectivity index (χ2n) is 6.91. The number of thiophene rings is 1. The van der Waals surface area contributed by atoms with Crippen molar-refractivity contribution in [3.63, 3.8) is 0 Å². The first-order valence-electron chi connectivity index (χ1n) is 9.35. The van der Waals surface area contributed by atoms with Crippen LogP contribution in [0, 0.1) is 0 Å². The van der Waals surface area contributed by atoms with E-state index in [1.165, 1.54) is 31.7 Å². The summed E-state index contributed by atoms with van der Waals surface area (Å²) in [4.78, 5) is 14.3. The maximum atomic E-state index is 12.6. The van der Waals surface area contributed by atoms with Crippen LogP contribution in [-0.2, 0) is 10.0 Å². The van der Waals surface area contributed by atoms with Crippen LogP contribution in [0.1, 0.15) is 39.0 Å². The first-order valence-corrected chi connectivity index (χ1v) is 11.7. The number of sulfonamides is 1. The van der Waals surface area contributed by atoms with Crippen molar-refractivity contribution in [1.82, 2.24) is 19.8 Å². The predicted molar refractivity (Wildman–Crippen MR) is 107 cm³/mol. The van der Waals surface area contributed by atoms with Gasteiger partial charge >= 0.3 is 0 Å². The van der Waals surface area contributed by atoms with Crippen LogP contribution in [0.4, 0.5) is 0 Å². The van der Waals surface area contributed by atoms with Crippen LogP contribution in [0.15, 0.2) is 33.3 Å². The number of hydrogen-bond donors (Lipinski definition) is 2. The number of likely N-dealkylation sites (tertiary alicyclic amines) is 1. The van der Waals surface area contributed by atoms with Crippen LogP contribution < -0.4 is 10.3 Å². The maximum Gasteiger partial charge on any atom is 0.264 e. The summed E-state index contributed by atoms with van der Waals surface area (Å²) in [6.45, 7) is 4.80. The highest BCUT2D eigenvalue weighted by Crippen LogP contribution is 2.28. The van der Waals surface area contributed by atoms with Gasteiger partial charge in [-0.3, -0.25) is 4.79 Å². The summed E-state index contributed by atoms with van der Waals surface area (Å²) < 4.78 is 28.1. The van der Waals surface area contributed by atoms with Gasteiger partial charge in [-0.15, -0.1) is 11.3 Å². The summed E-state index contributed by atoms with van der Waals surface area (Å²) in [5, 5.41) is 6.30. The molecule has 3 heterocycles. The third-order valence-corrected chi connectivity index (χ3v) is 7.96. The summed E-state index contributed by atoms with van der Waals surface area (Å²) in [6, 6.07) is 6.61. The molecule has 1 aliphatic heterocycles. The first kappa shape index (κ1) is 20.2. The zero-order valence-electron chi connectivity index (χ0n) is 15.5. The molecule has 1 atom stereocenters. The summed E-state index contributed by atoms with van der Waals surface area (Å²) in [7, 11) is -3.54. The van der Waals surface area contributed by atoms with Gasteiger partial charge in [-0.05, 0) is 57.5 Å². The molecule has 9 heteroatoms. The van der Waals surface area contributed by atoms with Crippen molar-refractivity contribution in [1.29, 1.82) is 0 Å². The minimum Gasteiger partial charge on any atom is -0.301 e. The molecule has 1 saturated heterocycles. The lowest BCUT2D eigenvalue weighted by Crippen LogP contribution is -2.37. The van der Waals surface area contributed by atoms with E-state index in [2.05, 4.69) is 26.7 Å². The van der Waals surface area contributed by atoms with Gasteiger partial charge in [0, 0.05) is 18.7 Å². The molecule has 0 bridgehead atoms. The number of nitrogens with zero attached hydrogens (tertiary/aromatic N) is 2. The lowest BCUT2D eigenvalue weighted by atomic mass is 10.2. The minimum absolute atomic E-state index is 0.257. The molecule has 1 fully saturated rings. The summed E-state index contributed by atoms with van der Waals surface area (Å²) >= 11 is 1.14. The predicted octanol–water partition coefficient (Wildman–Crippen LogP) is 2.43. The zero-order valence-corrected chi connectivity index (χ0v) is 17.1. The van der Waals surface area contributed by atoms with Crippen molar-refractivity contribution in [2.24, 2.45) is 0 Å². The molecule has 0 unspecified atom stereocenters. The fourth-order valence-corrected chi connectivity index (χ4v) is 5.64. The molecular weight excluding hydrogens is 384 g/mol. The van der Waals surface area contributed by atoms with E-state index in [0.717, 1.165) is 30.8 Å². The SMILES string of the molecule is C[C@H](CCNS(=O)(=O)c1ccc(-c2ccc(=O)[nH]n2)s1)N1CCCCCC1. The van der Waals surface area contributed by atoms with E-state index in [-0.39, 0.29) is 9.77 Å². The largest absolute Gasteiger partial charge is 0.301 e. The highest BCUT2D eigenvalue weighted by molar-refractivity contribution is 7.91. The molecule has 0 aliphatic carbocycles. The molecule has 0 saturated carbocycles. The summed E-state index contributed by atoms with van der Waals surface area (Å²) in [6.07, 6.45) is 5.83. The number of rotatable bonds is 7. The van der Waals surface area contributed by atoms with E-state index in [1.54, 1.807) is 18.2 Å². The average Bonchev–Trinajstić information content (AvgIpc) is 2.99. The standard InChI is InChI=1S/C18H26N4O3S2/c1-14(22-12-4-2-3-5-13-22)10-11-19-27(24,25)18-9-7-16(26-18)15-6-8-17(23)21-20-15/h6-9,14,19H,2-5,10-13H2,1H3,(H,21,23)/t14-/m1/s1. The Hall–Kier alpha value is -1.55. The zero-order chi connectivity index (χ0) is 19.3. The Balaban J connectivity index is 1.57. The van der Waals surface area contributed by atoms with E-state index in [1.807, 2.05) is 0 Å². The Labute approximate surface area is 163 Å². The van der Waals surface area contributed by atoms with Crippen LogP contribution in [0.2, 0.25) is 0 Å². The van der Waals surface area contributed by atoms with Gasteiger partial charge in [-0.25, -0.2) is 18.2 Å². The normalized spacial score (nSPS) is 17.5. The van der Waals surface area contributed by atoms with Gasteiger partial charge in [0.2, 0.25) is 10.0 Å². The summed E-state index contributed by atoms with van der Waals surface area (Å²) in [5.74, 6) is 0. The van der Waals surface area contributed by atoms with Crippen molar-refractivity contribution in [3.05, 3.63) is 34.6 Å². The first-order chi connectivity index (χ1) is 13.0. The Morgan fingerprint density at radius 1 is 1.19 bits per heavy atom. The molecule has 27 heavy (non-hydrogen) atoms. The molecule has 2 aromatic rings. The van der Waals surface area contributed by atoms with Gasteiger partial charge in [0.25, 0.3) is 5.56 Å². The van der Waals surface area contributed by atoms with Crippen LogP contribution in [0.3, 0.4) is 0 Å². The molecule has 0 spiro atoms. The molecule has 2 aromatic heterocycles. The molecule has 148 valence electrons. The van der Waals surface area contributed by atoms with Crippen LogP contribution in [0.5, 0.6) is 0 Å². The number of aromatic nitrogens is 2. The summed E-state index contributed by atoms with van der Waals surface area (Å²) in [5.41, 5.74) is 0.263. The van der Waals surface area contributed by atoms with Crippen molar-refractivity contribution in [2.75, 3.05) is 19.6 Å². The maximum absolute atomic E-state index is 12.6. The van der Waals surface area contributed by atoms with E-state index in [0.29, 0.717) is 23.2 Å². The Bertz CT molecular complexity index is 879. The average molecular weight is 411 g/mol. The lowest BCUT2D eigenvalue weighted by Gasteiger charge is -2.27. The monoisotopic (exact) mass is 410 g/mol. The molecule has 0 aromatic carbocycles. The second-order valence-corrected chi connectivity index (χ2v) is 9.99. The molecule has 7 nitrogen and oxygen atoms in total. The molecule has 3 rings (SSSR count). The quantitative estimate of drug-likeness (QED) is 0.731. The lowest BCUT2D eigenvalue weighted by molar-refractivity contribution is 0.208. The molecular formula is C18H26N4O3S2. The second kappa shape index (κ2) is 9.09. The number of aromatic amines is 1. The Morgan fingerprint density at radius 3 is 2.59 bits per heavy atom. The fourth-order valence-electron chi connectivity index (χ4n) is 3.28. The van der Waals surface area contributed by atoms with Gasteiger partial charge in [-0.1, -0.05) is 12.8 Å². The fraction of sp³-hybridized carbons (Fsp3) is 0.556. The van der Waals surface area contributed by atoms with Crippen LogP contribution in [-0.4, -0.2) is 49.2 Å². The number of hydrogen-bond acceptors (Lipinski definition) is 6. The van der Waals surface area contributed by atoms with E-state index >= 15 is 0 Å². The highest BCUT2D eigenvalue weighted by Gasteiger charge is 2.20. The van der Waals surface area contributed by atoms with Crippen LogP contribution >= 0.6 is 11.3 Å². The number of nitrogens with one attached hydrogen (secondary N) is 2. The van der Waals surface area contributed by atoms with E-state index < -0.39 is 10.0 Å². The third-order valence-electron chi connectivity index (χ3n) is 4.90. The van der Waals surface area contributed by atoms with Gasteiger partial charge in [0.15, 0.2) is 0 Å². The van der Waals surface area contributed by atoms with Gasteiger partial charge < -0.3 is 4.90 Å². The van der Waals surface area contributed by atoms with Gasteiger partial charge in [-0.2, -0.15) is 5.10 Å².